The first-order chi connectivity index (χ1) is 17.9. The minimum absolute atomic E-state index is 0. The number of hydrogen-bond donors (Lipinski definition) is 0. The van der Waals surface area contributed by atoms with Gasteiger partial charge in [0.1, 0.15) is 0 Å². The van der Waals surface area contributed by atoms with Gasteiger partial charge in [-0.05, 0) is 35.4 Å². The van der Waals surface area contributed by atoms with Crippen molar-refractivity contribution in [3.05, 3.63) is 122 Å². The van der Waals surface area contributed by atoms with E-state index in [-0.39, 0.29) is 46.5 Å². The standard InChI is InChI=1S/2C17H17.C3H6.2ClH.Ti/c2*1-12(2)9-13-10-15-8-7-14-5-3-4-6-16(14)17(15)11-13;1-3-2;;;/h2*3-8,10-12H,9H2,1-2H3;1-3H2;2*1H;/q2*-1;-2;;;+2/p-2. The Morgan fingerprint density at radius 3 is 1.25 bits per heavy atom. The summed E-state index contributed by atoms with van der Waals surface area (Å²) in [7, 11) is 0. The molecular formula is C37H40Cl2Ti-4. The molecule has 0 amide bonds. The van der Waals surface area contributed by atoms with E-state index >= 15 is 0 Å². The van der Waals surface area contributed by atoms with E-state index in [0.29, 0.717) is 0 Å². The molecule has 6 aromatic rings. The third kappa shape index (κ3) is 8.96. The smallest absolute Gasteiger partial charge is 1.00 e. The van der Waals surface area contributed by atoms with Crippen LogP contribution in [0.2, 0.25) is 0 Å². The van der Waals surface area contributed by atoms with Crippen LogP contribution in [0.5, 0.6) is 0 Å². The van der Waals surface area contributed by atoms with Crippen LogP contribution in [0.25, 0.3) is 43.1 Å². The molecule has 0 heterocycles. The van der Waals surface area contributed by atoms with E-state index in [1.807, 2.05) is 0 Å². The van der Waals surface area contributed by atoms with Gasteiger partial charge in [-0.2, -0.15) is 12.1 Å². The van der Waals surface area contributed by atoms with Gasteiger partial charge in [0.05, 0.1) is 0 Å². The summed E-state index contributed by atoms with van der Waals surface area (Å²) in [6.07, 6.45) is 3.09. The van der Waals surface area contributed by atoms with Crippen molar-refractivity contribution < 1.29 is 46.5 Å². The quantitative estimate of drug-likeness (QED) is 0.199. The average molecular weight is 604 g/mol. The van der Waals surface area contributed by atoms with Crippen LogP contribution in [0.1, 0.15) is 45.2 Å². The summed E-state index contributed by atoms with van der Waals surface area (Å²) in [5, 5.41) is 11.0. The van der Waals surface area contributed by atoms with Gasteiger partial charge in [-0.25, -0.2) is 0 Å². The van der Waals surface area contributed by atoms with E-state index in [1.54, 1.807) is 0 Å². The summed E-state index contributed by atoms with van der Waals surface area (Å²) in [5.74, 6) is 1.44. The Kier molecular flexibility index (Phi) is 15.3. The van der Waals surface area contributed by atoms with Crippen LogP contribution in [0.4, 0.5) is 0 Å². The van der Waals surface area contributed by atoms with Gasteiger partial charge in [0, 0.05) is 0 Å². The van der Waals surface area contributed by atoms with Crippen molar-refractivity contribution in [2.45, 2.75) is 47.0 Å². The molecule has 0 spiro atoms. The molecule has 6 rings (SSSR count). The molecule has 0 aliphatic heterocycles. The topological polar surface area (TPSA) is 0 Å². The van der Waals surface area contributed by atoms with Gasteiger partial charge in [0.15, 0.2) is 0 Å². The molecule has 0 saturated heterocycles. The maximum atomic E-state index is 3.38. The van der Waals surface area contributed by atoms with Crippen LogP contribution in [0.3, 0.4) is 0 Å². The van der Waals surface area contributed by atoms with Crippen LogP contribution in [0.15, 0.2) is 97.1 Å². The van der Waals surface area contributed by atoms with Gasteiger partial charge in [-0.15, -0.1) is 56.9 Å². The second kappa shape index (κ2) is 17.0. The van der Waals surface area contributed by atoms with Crippen LogP contribution < -0.4 is 24.8 Å². The third-order valence-corrected chi connectivity index (χ3v) is 6.64. The van der Waals surface area contributed by atoms with Crippen molar-refractivity contribution in [3.8, 4) is 0 Å². The van der Waals surface area contributed by atoms with Crippen molar-refractivity contribution in [2.24, 2.45) is 11.8 Å². The molecule has 210 valence electrons. The van der Waals surface area contributed by atoms with Crippen molar-refractivity contribution in [3.63, 3.8) is 0 Å². The zero-order valence-electron chi connectivity index (χ0n) is 24.2. The summed E-state index contributed by atoms with van der Waals surface area (Å²) in [4.78, 5) is 0. The summed E-state index contributed by atoms with van der Waals surface area (Å²) in [5.41, 5.74) is 2.93. The van der Waals surface area contributed by atoms with Gasteiger partial charge < -0.3 is 45.1 Å². The molecule has 0 N–H and O–H groups in total. The van der Waals surface area contributed by atoms with E-state index in [1.165, 1.54) is 67.1 Å². The predicted octanol–water partition coefficient (Wildman–Crippen LogP) is 4.87. The van der Waals surface area contributed by atoms with Gasteiger partial charge in [0.25, 0.3) is 0 Å². The maximum absolute atomic E-state index is 3.38. The Labute approximate surface area is 269 Å². The Morgan fingerprint density at radius 2 is 0.900 bits per heavy atom. The van der Waals surface area contributed by atoms with Crippen LogP contribution in [-0.2, 0) is 34.6 Å². The van der Waals surface area contributed by atoms with Crippen molar-refractivity contribution >= 4 is 43.1 Å². The van der Waals surface area contributed by atoms with Gasteiger partial charge in [-0.3, -0.25) is 0 Å². The zero-order valence-corrected chi connectivity index (χ0v) is 27.3. The molecule has 0 aliphatic carbocycles. The third-order valence-electron chi connectivity index (χ3n) is 6.64. The van der Waals surface area contributed by atoms with E-state index in [0.717, 1.165) is 18.3 Å². The maximum Gasteiger partial charge on any atom is 2.00 e. The molecule has 0 nitrogen and oxygen atoms in total. The number of fused-ring (bicyclic) bond motifs is 6. The van der Waals surface area contributed by atoms with E-state index < -0.39 is 0 Å². The fourth-order valence-electron chi connectivity index (χ4n) is 5.23. The van der Waals surface area contributed by atoms with Crippen molar-refractivity contribution in [1.29, 1.82) is 0 Å². The predicted molar refractivity (Wildman–Crippen MR) is 167 cm³/mol. The SMILES string of the molecule is CC(C)Cc1cc2c(ccc3ccccc32)[cH-]1.CC(C)Cc1cc2c(ccc3ccccc32)[cH-]1.[CH2-]C[CH2-].[Cl-].[Cl-].[Ti+2]. The first-order valence-electron chi connectivity index (χ1n) is 13.6. The zero-order chi connectivity index (χ0) is 26.4. The van der Waals surface area contributed by atoms with E-state index in [2.05, 4.69) is 139 Å². The first-order valence-corrected chi connectivity index (χ1v) is 13.6. The molecule has 0 aliphatic rings. The average Bonchev–Trinajstić information content (AvgIpc) is 3.47. The number of hydrogen-bond acceptors (Lipinski definition) is 0. The summed E-state index contributed by atoms with van der Waals surface area (Å²) in [6.45, 7) is 15.8. The molecule has 0 aromatic heterocycles. The molecular weight excluding hydrogens is 563 g/mol. The van der Waals surface area contributed by atoms with Gasteiger partial charge in [0.2, 0.25) is 0 Å². The summed E-state index contributed by atoms with van der Waals surface area (Å²) in [6, 6.07) is 35.6. The fourth-order valence-corrected chi connectivity index (χ4v) is 5.23. The molecule has 0 fully saturated rings. The fraction of sp³-hybridized carbons (Fsp3) is 0.243. The minimum atomic E-state index is 0. The number of halogens is 2. The molecule has 6 aromatic carbocycles. The Hall–Kier alpha value is -2.09. The number of rotatable bonds is 4. The molecule has 0 radical (unpaired) electrons. The van der Waals surface area contributed by atoms with Gasteiger partial charge >= 0.3 is 21.7 Å². The van der Waals surface area contributed by atoms with Gasteiger partial charge in [-0.1, -0.05) is 99.1 Å². The first kappa shape index (κ1) is 35.9. The van der Waals surface area contributed by atoms with Crippen LogP contribution >= 0.6 is 0 Å². The molecule has 40 heavy (non-hydrogen) atoms. The van der Waals surface area contributed by atoms with Crippen LogP contribution in [-0.4, -0.2) is 0 Å². The van der Waals surface area contributed by atoms with E-state index in [4.69, 9.17) is 0 Å². The van der Waals surface area contributed by atoms with E-state index in [9.17, 15) is 0 Å². The summed E-state index contributed by atoms with van der Waals surface area (Å²) < 4.78 is 0. The largest absolute Gasteiger partial charge is 2.00 e. The van der Waals surface area contributed by atoms with Crippen molar-refractivity contribution in [2.75, 3.05) is 0 Å². The summed E-state index contributed by atoms with van der Waals surface area (Å²) >= 11 is 0. The Bertz CT molecular complexity index is 1470. The van der Waals surface area contributed by atoms with Crippen LogP contribution in [0, 0.1) is 25.7 Å². The molecule has 0 unspecified atom stereocenters. The normalized spacial score (nSPS) is 10.4. The Morgan fingerprint density at radius 1 is 0.550 bits per heavy atom. The molecule has 0 bridgehead atoms. The molecule has 0 saturated carbocycles. The van der Waals surface area contributed by atoms with Crippen molar-refractivity contribution in [1.82, 2.24) is 0 Å². The molecule has 0 atom stereocenters. The minimum Gasteiger partial charge on any atom is -1.00 e. The Balaban J connectivity index is 0.000000341. The monoisotopic (exact) mass is 602 g/mol. The second-order valence-electron chi connectivity index (χ2n) is 10.9. The number of benzene rings is 4. The second-order valence-corrected chi connectivity index (χ2v) is 10.9. The molecule has 3 heteroatoms.